The Morgan fingerprint density at radius 1 is 1.39 bits per heavy atom. The van der Waals surface area contributed by atoms with E-state index >= 15 is 0 Å². The maximum atomic E-state index is 11.9. The number of amides is 1. The third-order valence-electron chi connectivity index (χ3n) is 3.53. The van der Waals surface area contributed by atoms with Crippen LogP contribution in [0.2, 0.25) is 0 Å². The molecule has 0 aliphatic heterocycles. The maximum Gasteiger partial charge on any atom is 0.407 e. The lowest BCUT2D eigenvalue weighted by molar-refractivity contribution is 0.0453. The minimum atomic E-state index is -0.448. The molecule has 0 heterocycles. The SMILES string of the molecule is CC(C)C(NC(=O)OC(C)(C)C)C1(CCN)CC1. The third-order valence-corrected chi connectivity index (χ3v) is 3.53. The van der Waals surface area contributed by atoms with Gasteiger partial charge in [-0.1, -0.05) is 13.8 Å². The van der Waals surface area contributed by atoms with Crippen molar-refractivity contribution in [2.75, 3.05) is 6.54 Å². The predicted octanol–water partition coefficient (Wildman–Crippen LogP) is 2.66. The fourth-order valence-electron chi connectivity index (χ4n) is 2.63. The van der Waals surface area contributed by atoms with Crippen LogP contribution in [0.3, 0.4) is 0 Å². The molecule has 0 saturated heterocycles. The highest BCUT2D eigenvalue weighted by Crippen LogP contribution is 2.53. The number of rotatable bonds is 5. The summed E-state index contributed by atoms with van der Waals surface area (Å²) in [4.78, 5) is 11.9. The van der Waals surface area contributed by atoms with E-state index in [0.29, 0.717) is 12.5 Å². The Morgan fingerprint density at radius 2 is 1.94 bits per heavy atom. The van der Waals surface area contributed by atoms with E-state index in [1.165, 1.54) is 0 Å². The minimum absolute atomic E-state index is 0.163. The highest BCUT2D eigenvalue weighted by molar-refractivity contribution is 5.68. The number of ether oxygens (including phenoxy) is 1. The van der Waals surface area contributed by atoms with Crippen molar-refractivity contribution in [3.63, 3.8) is 0 Å². The Morgan fingerprint density at radius 3 is 2.28 bits per heavy atom. The summed E-state index contributed by atoms with van der Waals surface area (Å²) in [6, 6.07) is 0.163. The normalized spacial score (nSPS) is 19.5. The highest BCUT2D eigenvalue weighted by Gasteiger charge is 2.50. The van der Waals surface area contributed by atoms with Crippen LogP contribution >= 0.6 is 0 Å². The summed E-state index contributed by atoms with van der Waals surface area (Å²) < 4.78 is 5.34. The second-order valence-electron chi connectivity index (χ2n) is 6.77. The Balaban J connectivity index is 2.62. The monoisotopic (exact) mass is 256 g/mol. The van der Waals surface area contributed by atoms with Gasteiger partial charge in [0.05, 0.1) is 0 Å². The van der Waals surface area contributed by atoms with Crippen molar-refractivity contribution in [3.05, 3.63) is 0 Å². The van der Waals surface area contributed by atoms with Gasteiger partial charge in [-0.05, 0) is 57.9 Å². The van der Waals surface area contributed by atoms with Crippen LogP contribution in [0.25, 0.3) is 0 Å². The molecule has 0 aromatic heterocycles. The molecule has 1 unspecified atom stereocenters. The zero-order chi connectivity index (χ0) is 14.0. The van der Waals surface area contributed by atoms with Crippen LogP contribution < -0.4 is 11.1 Å². The van der Waals surface area contributed by atoms with Crippen LogP contribution in [-0.2, 0) is 4.74 Å². The molecule has 0 radical (unpaired) electrons. The second kappa shape index (κ2) is 5.47. The van der Waals surface area contributed by atoms with Gasteiger partial charge in [0.15, 0.2) is 0 Å². The standard InChI is InChI=1S/C14H28N2O2/c1-10(2)11(14(6-7-14)8-9-15)16-12(17)18-13(3,4)5/h10-11H,6-9,15H2,1-5H3,(H,16,17). The quantitative estimate of drug-likeness (QED) is 0.795. The summed E-state index contributed by atoms with van der Waals surface area (Å²) in [5.41, 5.74) is 5.44. The topological polar surface area (TPSA) is 64.3 Å². The number of hydrogen-bond donors (Lipinski definition) is 2. The Bertz CT molecular complexity index is 291. The lowest BCUT2D eigenvalue weighted by Crippen LogP contribution is -2.47. The zero-order valence-corrected chi connectivity index (χ0v) is 12.4. The first-order chi connectivity index (χ1) is 8.20. The Labute approximate surface area is 111 Å². The number of hydrogen-bond acceptors (Lipinski definition) is 3. The van der Waals surface area contributed by atoms with E-state index in [0.717, 1.165) is 19.3 Å². The predicted molar refractivity (Wildman–Crippen MR) is 73.3 cm³/mol. The summed E-state index contributed by atoms with van der Waals surface area (Å²) in [6.07, 6.45) is 2.97. The molecule has 18 heavy (non-hydrogen) atoms. The van der Waals surface area contributed by atoms with E-state index in [1.807, 2.05) is 20.8 Å². The van der Waals surface area contributed by atoms with Gasteiger partial charge in [-0.2, -0.15) is 0 Å². The summed E-state index contributed by atoms with van der Waals surface area (Å²) in [5, 5.41) is 3.04. The van der Waals surface area contributed by atoms with Gasteiger partial charge in [0, 0.05) is 6.04 Å². The number of nitrogens with two attached hydrogens (primary N) is 1. The molecule has 1 atom stereocenters. The van der Waals surface area contributed by atoms with Gasteiger partial charge in [0.1, 0.15) is 5.60 Å². The molecule has 1 amide bonds. The lowest BCUT2D eigenvalue weighted by atomic mass is 9.85. The number of nitrogens with one attached hydrogen (secondary N) is 1. The number of carbonyl (C=O) groups excluding carboxylic acids is 1. The first kappa shape index (κ1) is 15.3. The van der Waals surface area contributed by atoms with Gasteiger partial charge in [0.2, 0.25) is 0 Å². The highest BCUT2D eigenvalue weighted by atomic mass is 16.6. The molecular formula is C14H28N2O2. The first-order valence-electron chi connectivity index (χ1n) is 6.90. The van der Waals surface area contributed by atoms with Gasteiger partial charge < -0.3 is 15.8 Å². The third kappa shape index (κ3) is 4.16. The minimum Gasteiger partial charge on any atom is -0.444 e. The largest absolute Gasteiger partial charge is 0.444 e. The molecule has 1 aliphatic carbocycles. The van der Waals surface area contributed by atoms with Crippen molar-refractivity contribution in [2.45, 2.75) is 65.5 Å². The van der Waals surface area contributed by atoms with Crippen LogP contribution in [0.1, 0.15) is 53.9 Å². The van der Waals surface area contributed by atoms with E-state index in [2.05, 4.69) is 19.2 Å². The van der Waals surface area contributed by atoms with E-state index in [9.17, 15) is 4.79 Å². The van der Waals surface area contributed by atoms with Crippen molar-refractivity contribution < 1.29 is 9.53 Å². The molecule has 4 nitrogen and oxygen atoms in total. The molecule has 4 heteroatoms. The van der Waals surface area contributed by atoms with Crippen LogP contribution in [0.5, 0.6) is 0 Å². The molecule has 0 bridgehead atoms. The Hall–Kier alpha value is -0.770. The van der Waals surface area contributed by atoms with Gasteiger partial charge in [0.25, 0.3) is 0 Å². The molecule has 0 aromatic rings. The van der Waals surface area contributed by atoms with Crippen molar-refractivity contribution in [2.24, 2.45) is 17.1 Å². The summed E-state index contributed by atoms with van der Waals surface area (Å²) in [6.45, 7) is 10.6. The molecule has 1 fully saturated rings. The molecule has 3 N–H and O–H groups in total. The summed E-state index contributed by atoms with van der Waals surface area (Å²) in [5.74, 6) is 0.395. The molecule has 0 spiro atoms. The van der Waals surface area contributed by atoms with Gasteiger partial charge in [-0.25, -0.2) is 4.79 Å². The fourth-order valence-corrected chi connectivity index (χ4v) is 2.63. The maximum absolute atomic E-state index is 11.9. The molecule has 106 valence electrons. The Kier molecular flexibility index (Phi) is 4.65. The van der Waals surface area contributed by atoms with Crippen molar-refractivity contribution >= 4 is 6.09 Å². The van der Waals surface area contributed by atoms with E-state index in [1.54, 1.807) is 0 Å². The van der Waals surface area contributed by atoms with Gasteiger partial charge in [-0.3, -0.25) is 0 Å². The molecular weight excluding hydrogens is 228 g/mol. The fraction of sp³-hybridized carbons (Fsp3) is 0.929. The second-order valence-corrected chi connectivity index (χ2v) is 6.77. The average Bonchev–Trinajstić information content (AvgIpc) is 2.92. The van der Waals surface area contributed by atoms with Gasteiger partial charge in [-0.15, -0.1) is 0 Å². The van der Waals surface area contributed by atoms with Crippen molar-refractivity contribution in [1.29, 1.82) is 0 Å². The van der Waals surface area contributed by atoms with Crippen LogP contribution in [0.4, 0.5) is 4.79 Å². The van der Waals surface area contributed by atoms with E-state index < -0.39 is 5.60 Å². The molecule has 1 saturated carbocycles. The molecule has 1 rings (SSSR count). The molecule has 1 aliphatic rings. The lowest BCUT2D eigenvalue weighted by Gasteiger charge is -2.32. The molecule has 0 aromatic carbocycles. The van der Waals surface area contributed by atoms with Crippen LogP contribution in [0, 0.1) is 11.3 Å². The van der Waals surface area contributed by atoms with E-state index in [4.69, 9.17) is 10.5 Å². The van der Waals surface area contributed by atoms with Gasteiger partial charge >= 0.3 is 6.09 Å². The number of alkyl carbamates (subject to hydrolysis) is 1. The zero-order valence-electron chi connectivity index (χ0n) is 12.4. The first-order valence-corrected chi connectivity index (χ1v) is 6.90. The van der Waals surface area contributed by atoms with Crippen molar-refractivity contribution in [3.8, 4) is 0 Å². The van der Waals surface area contributed by atoms with Crippen molar-refractivity contribution in [1.82, 2.24) is 5.32 Å². The number of carbonyl (C=O) groups is 1. The average molecular weight is 256 g/mol. The van der Waals surface area contributed by atoms with E-state index in [-0.39, 0.29) is 17.6 Å². The van der Waals surface area contributed by atoms with Crippen LogP contribution in [-0.4, -0.2) is 24.3 Å². The van der Waals surface area contributed by atoms with Crippen LogP contribution in [0.15, 0.2) is 0 Å². The summed E-state index contributed by atoms with van der Waals surface area (Å²) in [7, 11) is 0. The smallest absolute Gasteiger partial charge is 0.407 e. The summed E-state index contributed by atoms with van der Waals surface area (Å²) >= 11 is 0.